The minimum absolute atomic E-state index is 0.587. The molecule has 5 nitrogen and oxygen atoms in total. The van der Waals surface area contributed by atoms with Crippen LogP contribution in [0.15, 0.2) is 12.3 Å². The van der Waals surface area contributed by atoms with Crippen molar-refractivity contribution >= 4 is 11.6 Å². The molecule has 2 rings (SSSR count). The normalized spacial score (nSPS) is 10.9. The Kier molecular flexibility index (Phi) is 4.50. The Bertz CT molecular complexity index is 564. The van der Waals surface area contributed by atoms with Crippen molar-refractivity contribution in [2.75, 3.05) is 6.54 Å². The molecule has 102 valence electrons. The molecule has 0 radical (unpaired) electrons. The first-order valence-electron chi connectivity index (χ1n) is 6.37. The third-order valence-electron chi connectivity index (χ3n) is 2.71. The summed E-state index contributed by atoms with van der Waals surface area (Å²) in [5.74, 6) is 2.12. The molecule has 0 bridgehead atoms. The fourth-order valence-corrected chi connectivity index (χ4v) is 2.12. The van der Waals surface area contributed by atoms with Gasteiger partial charge < -0.3 is 5.32 Å². The van der Waals surface area contributed by atoms with E-state index < -0.39 is 0 Å². The number of halogens is 1. The Morgan fingerprint density at radius 2 is 2.16 bits per heavy atom. The van der Waals surface area contributed by atoms with Gasteiger partial charge in [0.2, 0.25) is 0 Å². The summed E-state index contributed by atoms with van der Waals surface area (Å²) in [7, 11) is 0. The van der Waals surface area contributed by atoms with Crippen LogP contribution in [0.25, 0.3) is 5.82 Å². The van der Waals surface area contributed by atoms with E-state index in [-0.39, 0.29) is 0 Å². The van der Waals surface area contributed by atoms with E-state index >= 15 is 0 Å². The van der Waals surface area contributed by atoms with E-state index in [1.165, 1.54) is 0 Å². The highest BCUT2D eigenvalue weighted by atomic mass is 35.5. The maximum Gasteiger partial charge on any atom is 0.174 e. The quantitative estimate of drug-likeness (QED) is 0.854. The third-order valence-corrected chi connectivity index (χ3v) is 2.99. The van der Waals surface area contributed by atoms with Gasteiger partial charge in [-0.15, -0.1) is 5.10 Å². The van der Waals surface area contributed by atoms with Crippen LogP contribution in [0, 0.1) is 13.8 Å². The number of nitrogens with one attached hydrogen (secondary N) is 1. The maximum atomic E-state index is 6.28. The fourth-order valence-electron chi connectivity index (χ4n) is 1.85. The Morgan fingerprint density at radius 3 is 2.74 bits per heavy atom. The summed E-state index contributed by atoms with van der Waals surface area (Å²) in [5.41, 5.74) is 1.07. The summed E-state index contributed by atoms with van der Waals surface area (Å²) in [6.45, 7) is 7.63. The van der Waals surface area contributed by atoms with Crippen LogP contribution in [-0.2, 0) is 6.54 Å². The first-order chi connectivity index (χ1) is 9.11. The molecule has 2 aromatic rings. The minimum atomic E-state index is 0.587. The van der Waals surface area contributed by atoms with Gasteiger partial charge in [-0.3, -0.25) is 0 Å². The molecule has 0 aliphatic rings. The molecule has 0 saturated carbocycles. The van der Waals surface area contributed by atoms with Gasteiger partial charge in [-0.2, -0.15) is 4.68 Å². The van der Waals surface area contributed by atoms with Gasteiger partial charge >= 0.3 is 0 Å². The van der Waals surface area contributed by atoms with Gasteiger partial charge in [0.25, 0.3) is 0 Å². The average Bonchev–Trinajstić information content (AvgIpc) is 2.69. The highest BCUT2D eigenvalue weighted by Crippen LogP contribution is 2.19. The molecule has 19 heavy (non-hydrogen) atoms. The molecule has 1 N–H and O–H groups in total. The molecule has 0 spiro atoms. The summed E-state index contributed by atoms with van der Waals surface area (Å²) in [4.78, 5) is 8.64. The van der Waals surface area contributed by atoms with E-state index in [9.17, 15) is 0 Å². The Hall–Kier alpha value is -1.46. The SMILES string of the molecule is CCCNCc1cnc(-n2nc(C)nc2C)c(Cl)c1. The van der Waals surface area contributed by atoms with Gasteiger partial charge in [-0.25, -0.2) is 9.97 Å². The molecular formula is C13H18ClN5. The maximum absolute atomic E-state index is 6.28. The molecule has 0 aliphatic heterocycles. The van der Waals surface area contributed by atoms with Crippen molar-refractivity contribution in [2.24, 2.45) is 0 Å². The second-order valence-electron chi connectivity index (χ2n) is 4.44. The third kappa shape index (κ3) is 3.30. The number of hydrogen-bond acceptors (Lipinski definition) is 4. The van der Waals surface area contributed by atoms with Gasteiger partial charge in [0.1, 0.15) is 11.6 Å². The molecular weight excluding hydrogens is 262 g/mol. The molecule has 2 aromatic heterocycles. The zero-order chi connectivity index (χ0) is 13.8. The van der Waals surface area contributed by atoms with E-state index in [2.05, 4.69) is 27.3 Å². The van der Waals surface area contributed by atoms with E-state index in [1.807, 2.05) is 26.1 Å². The van der Waals surface area contributed by atoms with Crippen molar-refractivity contribution < 1.29 is 0 Å². The zero-order valence-electron chi connectivity index (χ0n) is 11.4. The molecule has 0 amide bonds. The lowest BCUT2D eigenvalue weighted by molar-refractivity contribution is 0.673. The largest absolute Gasteiger partial charge is 0.313 e. The molecule has 0 aliphatic carbocycles. The van der Waals surface area contributed by atoms with Crippen molar-refractivity contribution in [3.05, 3.63) is 34.5 Å². The Labute approximate surface area is 118 Å². The van der Waals surface area contributed by atoms with Gasteiger partial charge in [-0.1, -0.05) is 18.5 Å². The smallest absolute Gasteiger partial charge is 0.174 e. The second-order valence-corrected chi connectivity index (χ2v) is 4.85. The molecule has 0 atom stereocenters. The van der Waals surface area contributed by atoms with Crippen LogP contribution in [0.4, 0.5) is 0 Å². The second kappa shape index (κ2) is 6.12. The van der Waals surface area contributed by atoms with Crippen LogP contribution >= 0.6 is 11.6 Å². The fraction of sp³-hybridized carbons (Fsp3) is 0.462. The Balaban J connectivity index is 2.22. The zero-order valence-corrected chi connectivity index (χ0v) is 12.2. The molecule has 0 aromatic carbocycles. The predicted octanol–water partition coefficient (Wildman–Crippen LogP) is 2.43. The highest BCUT2D eigenvalue weighted by Gasteiger charge is 2.11. The highest BCUT2D eigenvalue weighted by molar-refractivity contribution is 6.32. The number of aromatic nitrogens is 4. The number of nitrogens with zero attached hydrogens (tertiary/aromatic N) is 4. The van der Waals surface area contributed by atoms with Gasteiger partial charge in [0.05, 0.1) is 5.02 Å². The lowest BCUT2D eigenvalue weighted by Gasteiger charge is -2.07. The molecule has 0 fully saturated rings. The van der Waals surface area contributed by atoms with E-state index in [1.54, 1.807) is 4.68 Å². The van der Waals surface area contributed by atoms with Crippen molar-refractivity contribution in [1.29, 1.82) is 0 Å². The standard InChI is InChI=1S/C13H18ClN5/c1-4-5-15-7-11-6-12(14)13(16-8-11)19-10(3)17-9(2)18-19/h6,8,15H,4-5,7H2,1-3H3. The first kappa shape index (κ1) is 14.0. The van der Waals surface area contributed by atoms with Gasteiger partial charge in [-0.05, 0) is 38.4 Å². The molecule has 6 heteroatoms. The van der Waals surface area contributed by atoms with E-state index in [0.717, 1.165) is 30.9 Å². The lowest BCUT2D eigenvalue weighted by Crippen LogP contribution is -2.14. The first-order valence-corrected chi connectivity index (χ1v) is 6.75. The monoisotopic (exact) mass is 279 g/mol. The Morgan fingerprint density at radius 1 is 1.37 bits per heavy atom. The summed E-state index contributed by atoms with van der Waals surface area (Å²) in [6.07, 6.45) is 2.93. The van der Waals surface area contributed by atoms with Crippen molar-refractivity contribution in [1.82, 2.24) is 25.1 Å². The van der Waals surface area contributed by atoms with E-state index in [0.29, 0.717) is 16.7 Å². The van der Waals surface area contributed by atoms with Crippen molar-refractivity contribution in [2.45, 2.75) is 33.7 Å². The number of aryl methyl sites for hydroxylation is 2. The predicted molar refractivity (Wildman–Crippen MR) is 75.6 cm³/mol. The van der Waals surface area contributed by atoms with Crippen LogP contribution in [0.5, 0.6) is 0 Å². The number of hydrogen-bond donors (Lipinski definition) is 1. The number of rotatable bonds is 5. The van der Waals surface area contributed by atoms with Crippen LogP contribution in [0.3, 0.4) is 0 Å². The van der Waals surface area contributed by atoms with Crippen molar-refractivity contribution in [3.8, 4) is 5.82 Å². The van der Waals surface area contributed by atoms with Crippen molar-refractivity contribution in [3.63, 3.8) is 0 Å². The molecule has 2 heterocycles. The topological polar surface area (TPSA) is 55.6 Å². The summed E-state index contributed by atoms with van der Waals surface area (Å²) in [5, 5.41) is 8.20. The van der Waals surface area contributed by atoms with E-state index in [4.69, 9.17) is 11.6 Å². The summed E-state index contributed by atoms with van der Waals surface area (Å²) >= 11 is 6.28. The summed E-state index contributed by atoms with van der Waals surface area (Å²) in [6, 6.07) is 1.92. The van der Waals surface area contributed by atoms with Crippen LogP contribution in [0.2, 0.25) is 5.02 Å². The summed E-state index contributed by atoms with van der Waals surface area (Å²) < 4.78 is 1.67. The van der Waals surface area contributed by atoms with Crippen LogP contribution in [0.1, 0.15) is 30.6 Å². The van der Waals surface area contributed by atoms with Gasteiger partial charge in [0, 0.05) is 12.7 Å². The van der Waals surface area contributed by atoms with Crippen LogP contribution in [-0.4, -0.2) is 26.3 Å². The molecule has 0 saturated heterocycles. The number of pyridine rings is 1. The molecule has 0 unspecified atom stereocenters. The van der Waals surface area contributed by atoms with Crippen LogP contribution < -0.4 is 5.32 Å². The lowest BCUT2D eigenvalue weighted by atomic mass is 10.2. The average molecular weight is 280 g/mol. The van der Waals surface area contributed by atoms with Gasteiger partial charge in [0.15, 0.2) is 5.82 Å². The minimum Gasteiger partial charge on any atom is -0.313 e.